The van der Waals surface area contributed by atoms with Crippen LogP contribution >= 0.6 is 0 Å². The van der Waals surface area contributed by atoms with E-state index in [2.05, 4.69) is 0 Å². The fourth-order valence-electron chi connectivity index (χ4n) is 2.34. The van der Waals surface area contributed by atoms with E-state index in [1.54, 1.807) is 0 Å². The average Bonchev–Trinajstić information content (AvgIpc) is 2.63. The van der Waals surface area contributed by atoms with Crippen LogP contribution in [0.4, 0.5) is 0 Å². The highest BCUT2D eigenvalue weighted by Crippen LogP contribution is 2.26. The Hall–Kier alpha value is -3.08. The molecule has 4 atom stereocenters. The van der Waals surface area contributed by atoms with Gasteiger partial charge in [0.05, 0.1) is 6.61 Å². The Morgan fingerprint density at radius 2 is 1.96 bits per heavy atom. The summed E-state index contributed by atoms with van der Waals surface area (Å²) in [6.45, 7) is -0.818. The summed E-state index contributed by atoms with van der Waals surface area (Å²) in [6, 6.07) is 3.82. The number of phenols is 2. The van der Waals surface area contributed by atoms with Gasteiger partial charge in [-0.25, -0.2) is 9.59 Å². The van der Waals surface area contributed by atoms with Gasteiger partial charge in [0.2, 0.25) is 5.76 Å². The maximum atomic E-state index is 12.0. The van der Waals surface area contributed by atoms with Gasteiger partial charge < -0.3 is 40.1 Å². The number of carboxylic acids is 1. The van der Waals surface area contributed by atoms with Crippen molar-refractivity contribution < 1.29 is 49.7 Å². The third kappa shape index (κ3) is 4.97. The lowest BCUT2D eigenvalue weighted by molar-refractivity contribution is -0.176. The smallest absolute Gasteiger partial charge is 0.370 e. The molecule has 1 aliphatic rings. The van der Waals surface area contributed by atoms with Crippen molar-refractivity contribution in [3.63, 3.8) is 0 Å². The van der Waals surface area contributed by atoms with E-state index in [9.17, 15) is 30.0 Å². The molecule has 0 spiro atoms. The number of aliphatic carboxylic acids is 1. The molecule has 6 N–H and O–H groups in total. The van der Waals surface area contributed by atoms with Gasteiger partial charge in [0.25, 0.3) is 0 Å². The quantitative estimate of drug-likeness (QED) is 0.206. The summed E-state index contributed by atoms with van der Waals surface area (Å²) in [7, 11) is 0. The van der Waals surface area contributed by atoms with Crippen LogP contribution in [0.5, 0.6) is 11.5 Å². The number of aliphatic hydroxyl groups excluding tert-OH is 3. The molecular formula is C17H18O10. The Kier molecular flexibility index (Phi) is 6.40. The number of carboxylic acid groups (broad SMARTS) is 1. The van der Waals surface area contributed by atoms with Crippen molar-refractivity contribution >= 4 is 18.0 Å². The summed E-state index contributed by atoms with van der Waals surface area (Å²) in [5.41, 5.74) is 0.364. The van der Waals surface area contributed by atoms with Crippen molar-refractivity contribution in [3.8, 4) is 11.5 Å². The molecule has 0 saturated heterocycles. The lowest BCUT2D eigenvalue weighted by Gasteiger charge is -2.35. The number of carbonyl (C=O) groups excluding carboxylic acids is 1. The Morgan fingerprint density at radius 1 is 1.26 bits per heavy atom. The molecule has 10 nitrogen and oxygen atoms in total. The van der Waals surface area contributed by atoms with Crippen molar-refractivity contribution in [2.24, 2.45) is 0 Å². The molecule has 1 heterocycles. The highest BCUT2D eigenvalue weighted by molar-refractivity contribution is 5.87. The Bertz CT molecular complexity index is 769. The van der Waals surface area contributed by atoms with E-state index in [1.165, 1.54) is 24.3 Å². The van der Waals surface area contributed by atoms with Gasteiger partial charge in [-0.1, -0.05) is 6.07 Å². The van der Waals surface area contributed by atoms with Crippen LogP contribution in [-0.2, 0) is 19.1 Å². The third-order valence-corrected chi connectivity index (χ3v) is 3.69. The van der Waals surface area contributed by atoms with Crippen molar-refractivity contribution in [1.29, 1.82) is 0 Å². The first-order valence-corrected chi connectivity index (χ1v) is 7.72. The summed E-state index contributed by atoms with van der Waals surface area (Å²) >= 11 is 0. The number of aromatic hydroxyl groups is 2. The number of carbonyl (C=O) groups is 2. The first kappa shape index (κ1) is 20.2. The summed E-state index contributed by atoms with van der Waals surface area (Å²) in [5, 5.41) is 56.5. The molecule has 0 bridgehead atoms. The molecule has 0 aliphatic carbocycles. The molecule has 1 aliphatic heterocycles. The van der Waals surface area contributed by atoms with E-state index in [1.807, 2.05) is 0 Å². The minimum absolute atomic E-state index is 0.334. The van der Waals surface area contributed by atoms with Crippen LogP contribution in [-0.4, -0.2) is 73.6 Å². The van der Waals surface area contributed by atoms with Crippen molar-refractivity contribution in [2.45, 2.75) is 24.4 Å². The molecule has 0 saturated carbocycles. The molecule has 1 aromatic rings. The Balaban J connectivity index is 2.14. The predicted molar refractivity (Wildman–Crippen MR) is 88.4 cm³/mol. The van der Waals surface area contributed by atoms with Gasteiger partial charge in [-0.2, -0.15) is 0 Å². The second-order valence-corrected chi connectivity index (χ2v) is 5.64. The highest BCUT2D eigenvalue weighted by atomic mass is 16.6. The molecule has 27 heavy (non-hydrogen) atoms. The molecule has 0 radical (unpaired) electrons. The van der Waals surface area contributed by atoms with Crippen LogP contribution in [0, 0.1) is 0 Å². The number of hydrogen-bond donors (Lipinski definition) is 6. The molecule has 146 valence electrons. The van der Waals surface area contributed by atoms with E-state index in [4.69, 9.17) is 19.7 Å². The lowest BCUT2D eigenvalue weighted by Crippen LogP contribution is -2.52. The van der Waals surface area contributed by atoms with Crippen LogP contribution in [0.2, 0.25) is 0 Å². The largest absolute Gasteiger partial charge is 0.504 e. The molecule has 0 fully saturated rings. The molecule has 0 aromatic heterocycles. The lowest BCUT2D eigenvalue weighted by atomic mass is 9.99. The van der Waals surface area contributed by atoms with Crippen LogP contribution in [0.15, 0.2) is 36.1 Å². The van der Waals surface area contributed by atoms with Gasteiger partial charge in [-0.3, -0.25) is 0 Å². The molecule has 0 amide bonds. The van der Waals surface area contributed by atoms with Gasteiger partial charge in [0, 0.05) is 6.08 Å². The van der Waals surface area contributed by atoms with Gasteiger partial charge in [0.1, 0.15) is 12.2 Å². The van der Waals surface area contributed by atoms with E-state index in [-0.39, 0.29) is 11.5 Å². The number of ether oxygens (including phenoxy) is 2. The number of phenolic OH excluding ortho intramolecular Hbond substituents is 2. The zero-order valence-electron chi connectivity index (χ0n) is 13.8. The Morgan fingerprint density at radius 3 is 2.56 bits per heavy atom. The summed E-state index contributed by atoms with van der Waals surface area (Å²) < 4.78 is 10.0. The molecule has 10 heteroatoms. The first-order valence-electron chi connectivity index (χ1n) is 7.72. The number of esters is 1. The summed E-state index contributed by atoms with van der Waals surface area (Å²) in [6.07, 6.45) is -3.16. The van der Waals surface area contributed by atoms with E-state index < -0.39 is 48.7 Å². The molecule has 1 aromatic carbocycles. The van der Waals surface area contributed by atoms with Crippen molar-refractivity contribution in [1.82, 2.24) is 0 Å². The number of rotatable bonds is 6. The summed E-state index contributed by atoms with van der Waals surface area (Å²) in [5.74, 6) is -3.83. The van der Waals surface area contributed by atoms with Crippen LogP contribution < -0.4 is 0 Å². The molecule has 2 rings (SSSR count). The zero-order valence-corrected chi connectivity index (χ0v) is 13.8. The maximum Gasteiger partial charge on any atom is 0.370 e. The minimum atomic E-state index is -1.61. The van der Waals surface area contributed by atoms with E-state index >= 15 is 0 Å². The summed E-state index contributed by atoms with van der Waals surface area (Å²) in [4.78, 5) is 23.0. The second kappa shape index (κ2) is 8.54. The SMILES string of the molecule is O=C(/C=C/c1ccc(O)c(O)c1)OC1C(O)C=C(C(=O)O)OC1C(O)CO. The van der Waals surface area contributed by atoms with E-state index in [0.29, 0.717) is 5.56 Å². The molecular weight excluding hydrogens is 364 g/mol. The standard InChI is InChI=1S/C17H18O10/c18-7-12(22)16-15(11(21)6-13(26-16)17(24)25)27-14(23)4-2-8-1-3-9(19)10(20)5-8/h1-6,11-12,15-16,18-22H,7H2,(H,24,25)/b4-2+. The van der Waals surface area contributed by atoms with Crippen LogP contribution in [0.3, 0.4) is 0 Å². The minimum Gasteiger partial charge on any atom is -0.504 e. The Labute approximate surface area is 152 Å². The normalized spacial score (nSPS) is 23.4. The number of benzene rings is 1. The molecule has 4 unspecified atom stereocenters. The fourth-order valence-corrected chi connectivity index (χ4v) is 2.34. The number of hydrogen-bond acceptors (Lipinski definition) is 9. The van der Waals surface area contributed by atoms with Crippen molar-refractivity contribution in [2.75, 3.05) is 6.61 Å². The topological polar surface area (TPSA) is 174 Å². The maximum absolute atomic E-state index is 12.0. The second-order valence-electron chi connectivity index (χ2n) is 5.64. The fraction of sp³-hybridized carbons (Fsp3) is 0.294. The third-order valence-electron chi connectivity index (χ3n) is 3.69. The first-order chi connectivity index (χ1) is 12.7. The number of aliphatic hydroxyl groups is 3. The van der Waals surface area contributed by atoms with Crippen LogP contribution in [0.25, 0.3) is 6.08 Å². The van der Waals surface area contributed by atoms with Gasteiger partial charge >= 0.3 is 11.9 Å². The monoisotopic (exact) mass is 382 g/mol. The van der Waals surface area contributed by atoms with Crippen molar-refractivity contribution in [3.05, 3.63) is 41.7 Å². The zero-order chi connectivity index (χ0) is 20.1. The average molecular weight is 382 g/mol. The van der Waals surface area contributed by atoms with Gasteiger partial charge in [-0.05, 0) is 29.8 Å². The van der Waals surface area contributed by atoms with Crippen LogP contribution in [0.1, 0.15) is 5.56 Å². The van der Waals surface area contributed by atoms with E-state index in [0.717, 1.165) is 12.2 Å². The van der Waals surface area contributed by atoms with Gasteiger partial charge in [0.15, 0.2) is 23.7 Å². The predicted octanol–water partition coefficient (Wildman–Crippen LogP) is -0.896. The highest BCUT2D eigenvalue weighted by Gasteiger charge is 2.42. The van der Waals surface area contributed by atoms with Gasteiger partial charge in [-0.15, -0.1) is 0 Å².